The molecule has 0 unspecified atom stereocenters. The second-order valence-electron chi connectivity index (χ2n) is 6.24. The van der Waals surface area contributed by atoms with Gasteiger partial charge in [0.2, 0.25) is 0 Å². The van der Waals surface area contributed by atoms with Gasteiger partial charge in [0, 0.05) is 6.61 Å². The van der Waals surface area contributed by atoms with Crippen molar-refractivity contribution in [3.63, 3.8) is 0 Å². The number of benzene rings is 1. The molecule has 1 aromatic carbocycles. The average molecular weight is 286 g/mol. The van der Waals surface area contributed by atoms with Gasteiger partial charge in [0.15, 0.2) is 0 Å². The summed E-state index contributed by atoms with van der Waals surface area (Å²) in [5, 5.41) is 0. The van der Waals surface area contributed by atoms with Crippen molar-refractivity contribution in [2.75, 3.05) is 6.61 Å². The van der Waals surface area contributed by atoms with E-state index in [0.29, 0.717) is 0 Å². The molecular weight excluding hydrogens is 256 g/mol. The van der Waals surface area contributed by atoms with Gasteiger partial charge in [-0.25, -0.2) is 0 Å². The first kappa shape index (κ1) is 16.3. The Bertz CT molecular complexity index is 410. The first-order chi connectivity index (χ1) is 10.3. The first-order valence-electron chi connectivity index (χ1n) is 8.61. The van der Waals surface area contributed by atoms with Gasteiger partial charge in [-0.2, -0.15) is 0 Å². The fourth-order valence-corrected chi connectivity index (χ4v) is 3.39. The normalized spacial score (nSPS) is 22.8. The van der Waals surface area contributed by atoms with Crippen LogP contribution >= 0.6 is 0 Å². The van der Waals surface area contributed by atoms with Gasteiger partial charge in [0.1, 0.15) is 0 Å². The molecule has 1 aromatic rings. The molecule has 0 amide bonds. The van der Waals surface area contributed by atoms with E-state index in [1.807, 2.05) is 6.92 Å². The lowest BCUT2D eigenvalue weighted by Gasteiger charge is -2.28. The van der Waals surface area contributed by atoms with Crippen LogP contribution in [0.25, 0.3) is 0 Å². The Hall–Kier alpha value is -1.08. The summed E-state index contributed by atoms with van der Waals surface area (Å²) < 4.78 is 5.46. The molecule has 1 heteroatoms. The van der Waals surface area contributed by atoms with Gasteiger partial charge in [-0.15, -0.1) is 0 Å². The van der Waals surface area contributed by atoms with Crippen LogP contribution in [0.2, 0.25) is 0 Å². The highest BCUT2D eigenvalue weighted by Gasteiger charge is 2.21. The van der Waals surface area contributed by atoms with Crippen molar-refractivity contribution < 1.29 is 4.74 Å². The van der Waals surface area contributed by atoms with E-state index in [0.717, 1.165) is 25.0 Å². The van der Waals surface area contributed by atoms with Crippen molar-refractivity contribution in [1.29, 1.82) is 0 Å². The number of rotatable bonds is 7. The monoisotopic (exact) mass is 286 g/mol. The quantitative estimate of drug-likeness (QED) is 0.571. The lowest BCUT2D eigenvalue weighted by molar-refractivity contribution is 0.134. The minimum atomic E-state index is 0.745. The zero-order valence-corrected chi connectivity index (χ0v) is 13.7. The zero-order valence-electron chi connectivity index (χ0n) is 13.7. The summed E-state index contributed by atoms with van der Waals surface area (Å²) in [6, 6.07) is 9.12. The molecule has 0 heterocycles. The molecule has 0 spiro atoms. The first-order valence-corrected chi connectivity index (χ1v) is 8.61. The molecule has 1 saturated carbocycles. The van der Waals surface area contributed by atoms with Gasteiger partial charge in [-0.05, 0) is 75.3 Å². The van der Waals surface area contributed by atoms with Gasteiger partial charge in [-0.1, -0.05) is 36.4 Å². The highest BCUT2D eigenvalue weighted by molar-refractivity contribution is 5.25. The van der Waals surface area contributed by atoms with Crippen molar-refractivity contribution in [2.24, 2.45) is 5.92 Å². The van der Waals surface area contributed by atoms with Crippen LogP contribution in [0, 0.1) is 5.92 Å². The maximum Gasteiger partial charge on any atom is 0.0716 e. The molecule has 0 atom stereocenters. The minimum absolute atomic E-state index is 0.745. The van der Waals surface area contributed by atoms with Gasteiger partial charge < -0.3 is 4.74 Å². The van der Waals surface area contributed by atoms with E-state index in [2.05, 4.69) is 43.3 Å². The smallest absolute Gasteiger partial charge is 0.0716 e. The van der Waals surface area contributed by atoms with Crippen LogP contribution in [-0.4, -0.2) is 6.61 Å². The Morgan fingerprint density at radius 1 is 1.10 bits per heavy atom. The highest BCUT2D eigenvalue weighted by Crippen LogP contribution is 2.37. The fraction of sp³-hybridized carbons (Fsp3) is 0.600. The maximum atomic E-state index is 5.46. The van der Waals surface area contributed by atoms with E-state index < -0.39 is 0 Å². The predicted molar refractivity (Wildman–Crippen MR) is 90.5 cm³/mol. The van der Waals surface area contributed by atoms with Crippen molar-refractivity contribution in [3.05, 3.63) is 47.5 Å². The van der Waals surface area contributed by atoms with E-state index in [1.54, 1.807) is 0 Å². The minimum Gasteiger partial charge on any atom is -0.377 e. The van der Waals surface area contributed by atoms with Crippen LogP contribution in [0.1, 0.15) is 69.4 Å². The van der Waals surface area contributed by atoms with Crippen LogP contribution in [-0.2, 0) is 11.3 Å². The summed E-state index contributed by atoms with van der Waals surface area (Å²) in [5.41, 5.74) is 2.82. The molecule has 1 fully saturated rings. The Balaban J connectivity index is 1.79. The Labute approximate surface area is 130 Å². The lowest BCUT2D eigenvalue weighted by Crippen LogP contribution is -2.13. The molecular formula is C20H30O. The predicted octanol–water partition coefficient (Wildman–Crippen LogP) is 5.85. The van der Waals surface area contributed by atoms with E-state index in [1.165, 1.54) is 49.7 Å². The number of hydrogen-bond acceptors (Lipinski definition) is 1. The molecule has 1 nitrogen and oxygen atoms in total. The third kappa shape index (κ3) is 5.32. The van der Waals surface area contributed by atoms with Crippen molar-refractivity contribution in [1.82, 2.24) is 0 Å². The van der Waals surface area contributed by atoms with Crippen molar-refractivity contribution in [3.8, 4) is 0 Å². The van der Waals surface area contributed by atoms with Crippen LogP contribution in [0.15, 0.2) is 36.4 Å². The van der Waals surface area contributed by atoms with Gasteiger partial charge in [0.05, 0.1) is 6.61 Å². The topological polar surface area (TPSA) is 9.23 Å². The SMILES string of the molecule is CC=CCCC1CCC(c2ccc(COCC)cc2)CC1. The van der Waals surface area contributed by atoms with Crippen LogP contribution in [0.4, 0.5) is 0 Å². The third-order valence-electron chi connectivity index (χ3n) is 4.75. The van der Waals surface area contributed by atoms with Crippen LogP contribution in [0.3, 0.4) is 0 Å². The van der Waals surface area contributed by atoms with Gasteiger partial charge in [-0.3, -0.25) is 0 Å². The molecule has 0 N–H and O–H groups in total. The van der Waals surface area contributed by atoms with E-state index >= 15 is 0 Å². The van der Waals surface area contributed by atoms with Crippen molar-refractivity contribution in [2.45, 2.75) is 64.9 Å². The van der Waals surface area contributed by atoms with Crippen molar-refractivity contribution >= 4 is 0 Å². The van der Waals surface area contributed by atoms with Crippen LogP contribution < -0.4 is 0 Å². The summed E-state index contributed by atoms with van der Waals surface area (Å²) in [7, 11) is 0. The third-order valence-corrected chi connectivity index (χ3v) is 4.75. The summed E-state index contributed by atoms with van der Waals surface area (Å²) in [6.07, 6.45) is 12.7. The molecule has 116 valence electrons. The number of allylic oxidation sites excluding steroid dienone is 2. The number of ether oxygens (including phenoxy) is 1. The Morgan fingerprint density at radius 3 is 2.43 bits per heavy atom. The van der Waals surface area contributed by atoms with Crippen LogP contribution in [0.5, 0.6) is 0 Å². The molecule has 0 aromatic heterocycles. The molecule has 0 radical (unpaired) electrons. The van der Waals surface area contributed by atoms with Gasteiger partial charge in [0.25, 0.3) is 0 Å². The fourth-order valence-electron chi connectivity index (χ4n) is 3.39. The lowest BCUT2D eigenvalue weighted by atomic mass is 9.77. The molecule has 21 heavy (non-hydrogen) atoms. The van der Waals surface area contributed by atoms with E-state index in [9.17, 15) is 0 Å². The average Bonchev–Trinajstić information content (AvgIpc) is 2.54. The molecule has 1 aliphatic rings. The second kappa shape index (κ2) is 9.04. The molecule has 0 aliphatic heterocycles. The molecule has 1 aliphatic carbocycles. The second-order valence-corrected chi connectivity index (χ2v) is 6.24. The Morgan fingerprint density at radius 2 is 1.81 bits per heavy atom. The largest absolute Gasteiger partial charge is 0.377 e. The molecule has 0 saturated heterocycles. The Kier molecular flexibility index (Phi) is 7.02. The standard InChI is InChI=1S/C20H30O/c1-3-5-6-7-17-8-12-19(13-9-17)20-14-10-18(11-15-20)16-21-4-2/h3,5,10-11,14-15,17,19H,4,6-9,12-13,16H2,1-2H3. The summed E-state index contributed by atoms with van der Waals surface area (Å²) in [6.45, 7) is 5.70. The zero-order chi connectivity index (χ0) is 14.9. The maximum absolute atomic E-state index is 5.46. The van der Waals surface area contributed by atoms with E-state index in [4.69, 9.17) is 4.74 Å². The van der Waals surface area contributed by atoms with E-state index in [-0.39, 0.29) is 0 Å². The summed E-state index contributed by atoms with van der Waals surface area (Å²) in [5.74, 6) is 1.73. The summed E-state index contributed by atoms with van der Waals surface area (Å²) >= 11 is 0. The molecule has 2 rings (SSSR count). The van der Waals surface area contributed by atoms with Gasteiger partial charge >= 0.3 is 0 Å². The molecule has 0 bridgehead atoms. The summed E-state index contributed by atoms with van der Waals surface area (Å²) in [4.78, 5) is 0. The number of hydrogen-bond donors (Lipinski definition) is 0. The highest BCUT2D eigenvalue weighted by atomic mass is 16.5.